The van der Waals surface area contributed by atoms with Crippen LogP contribution in [0.15, 0.2) is 58.5 Å². The van der Waals surface area contributed by atoms with Crippen LogP contribution < -0.4 is 14.4 Å². The number of nitrogens with zero attached hydrogens (tertiary/aromatic N) is 4. The highest BCUT2D eigenvalue weighted by Gasteiger charge is 2.52. The third-order valence-corrected chi connectivity index (χ3v) is 10.7. The zero-order chi connectivity index (χ0) is 28.5. The molecule has 0 spiro atoms. The van der Waals surface area contributed by atoms with Crippen molar-refractivity contribution in [3.8, 4) is 11.5 Å². The van der Waals surface area contributed by atoms with Gasteiger partial charge in [0.05, 0.1) is 11.4 Å². The number of hydrogen-bond acceptors (Lipinski definition) is 8. The minimum atomic E-state index is -3.77. The number of halogens is 1. The monoisotopic (exact) mass is 584 g/mol. The number of alkyl halides is 1. The smallest absolute Gasteiger partial charge is 0.256 e. The second-order valence-corrected chi connectivity index (χ2v) is 13.7. The summed E-state index contributed by atoms with van der Waals surface area (Å²) in [5, 5.41) is 11.0. The highest BCUT2D eigenvalue weighted by Crippen LogP contribution is 2.40. The van der Waals surface area contributed by atoms with Crippen molar-refractivity contribution >= 4 is 21.6 Å². The van der Waals surface area contributed by atoms with E-state index < -0.39 is 27.7 Å². The van der Waals surface area contributed by atoms with Crippen molar-refractivity contribution < 1.29 is 32.2 Å². The first-order valence-electron chi connectivity index (χ1n) is 13.9. The van der Waals surface area contributed by atoms with Gasteiger partial charge in [0.15, 0.2) is 17.6 Å². The molecule has 5 aliphatic heterocycles. The third-order valence-electron chi connectivity index (χ3n) is 8.94. The standard InChI is InChI=1S/C29H33FN4O6S/c1-31-15-22-16-33(18-29(22,30)17-31)23-4-2-3-19(9-23)27(35)28(36)32-11-20-13-34(14-21(20)12-32)41(37,38)24-5-6-25-26(10-24)40-8-7-39-25/h2-6,9-10,22,27,35H,7-8,11-18H2,1H3/t22-,27+,29-/m1/s1. The van der Waals surface area contributed by atoms with E-state index in [9.17, 15) is 18.3 Å². The summed E-state index contributed by atoms with van der Waals surface area (Å²) >= 11 is 0. The zero-order valence-corrected chi connectivity index (χ0v) is 23.6. The molecule has 5 heterocycles. The molecule has 1 N–H and O–H groups in total. The van der Waals surface area contributed by atoms with Crippen molar-refractivity contribution in [2.45, 2.75) is 16.7 Å². The molecule has 0 aliphatic carbocycles. The van der Waals surface area contributed by atoms with E-state index in [1.54, 1.807) is 29.2 Å². The van der Waals surface area contributed by atoms with Gasteiger partial charge in [-0.15, -0.1) is 0 Å². The van der Waals surface area contributed by atoms with E-state index in [0.29, 0.717) is 49.9 Å². The number of amides is 1. The number of likely N-dealkylation sites (tertiary alicyclic amines) is 1. The van der Waals surface area contributed by atoms with Gasteiger partial charge >= 0.3 is 0 Å². The molecule has 5 aliphatic rings. The van der Waals surface area contributed by atoms with Crippen LogP contribution in [0.2, 0.25) is 0 Å². The van der Waals surface area contributed by atoms with Crippen molar-refractivity contribution in [1.29, 1.82) is 0 Å². The van der Waals surface area contributed by atoms with E-state index in [4.69, 9.17) is 9.47 Å². The minimum Gasteiger partial charge on any atom is -0.486 e. The molecule has 10 nitrogen and oxygen atoms in total. The highest BCUT2D eigenvalue weighted by molar-refractivity contribution is 7.89. The number of sulfonamides is 1. The van der Waals surface area contributed by atoms with Gasteiger partial charge in [-0.1, -0.05) is 12.1 Å². The molecular formula is C29H33FN4O6S. The maximum absolute atomic E-state index is 15.4. The Labute approximate surface area is 238 Å². The van der Waals surface area contributed by atoms with Gasteiger partial charge in [0.25, 0.3) is 5.91 Å². The van der Waals surface area contributed by atoms with Crippen LogP contribution in [0.5, 0.6) is 11.5 Å². The molecule has 12 heteroatoms. The van der Waals surface area contributed by atoms with E-state index >= 15 is 4.39 Å². The summed E-state index contributed by atoms with van der Waals surface area (Å²) < 4.78 is 54.6. The Morgan fingerprint density at radius 3 is 2.46 bits per heavy atom. The molecule has 218 valence electrons. The fraction of sp³-hybridized carbons (Fsp3) is 0.483. The Morgan fingerprint density at radius 1 is 1.00 bits per heavy atom. The lowest BCUT2D eigenvalue weighted by molar-refractivity contribution is -0.139. The minimum absolute atomic E-state index is 0.0567. The summed E-state index contributed by atoms with van der Waals surface area (Å²) in [4.78, 5) is 19.0. The molecule has 2 fully saturated rings. The lowest BCUT2D eigenvalue weighted by Gasteiger charge is -2.26. The van der Waals surface area contributed by atoms with Crippen molar-refractivity contribution in [2.75, 3.05) is 77.5 Å². The van der Waals surface area contributed by atoms with Crippen LogP contribution in [0.1, 0.15) is 11.7 Å². The van der Waals surface area contributed by atoms with Crippen molar-refractivity contribution in [2.24, 2.45) is 5.92 Å². The first-order valence-corrected chi connectivity index (χ1v) is 15.3. The normalized spacial score (nSPS) is 27.0. The summed E-state index contributed by atoms with van der Waals surface area (Å²) in [7, 11) is -1.83. The highest BCUT2D eigenvalue weighted by atomic mass is 32.2. The third kappa shape index (κ3) is 4.57. The molecule has 2 saturated heterocycles. The molecule has 2 aromatic rings. The number of aliphatic hydroxyl groups excluding tert-OH is 1. The lowest BCUT2D eigenvalue weighted by atomic mass is 9.97. The van der Waals surface area contributed by atoms with E-state index in [0.717, 1.165) is 23.4 Å². The second-order valence-electron chi connectivity index (χ2n) is 11.8. The Kier molecular flexibility index (Phi) is 6.31. The predicted octanol–water partition coefficient (Wildman–Crippen LogP) is 1.42. The Bertz CT molecular complexity index is 1530. The Balaban J connectivity index is 0.991. The van der Waals surface area contributed by atoms with Gasteiger partial charge in [-0.3, -0.25) is 4.79 Å². The molecule has 1 amide bonds. The van der Waals surface area contributed by atoms with Crippen LogP contribution in [-0.2, 0) is 14.8 Å². The quantitative estimate of drug-likeness (QED) is 0.527. The van der Waals surface area contributed by atoms with Gasteiger partial charge in [-0.25, -0.2) is 12.8 Å². The van der Waals surface area contributed by atoms with Crippen molar-refractivity contribution in [3.63, 3.8) is 0 Å². The average molecular weight is 585 g/mol. The number of ether oxygens (including phenoxy) is 2. The number of fused-ring (bicyclic) bond motifs is 2. The molecule has 41 heavy (non-hydrogen) atoms. The summed E-state index contributed by atoms with van der Waals surface area (Å²) in [6.07, 6.45) is -1.36. The van der Waals surface area contributed by atoms with Gasteiger partial charge < -0.3 is 29.3 Å². The number of aliphatic hydroxyl groups is 1. The summed E-state index contributed by atoms with van der Waals surface area (Å²) in [5.74, 6) is 0.451. The molecule has 0 radical (unpaired) electrons. The molecule has 7 rings (SSSR count). The number of hydrogen-bond donors (Lipinski definition) is 1. The van der Waals surface area contributed by atoms with Crippen LogP contribution >= 0.6 is 0 Å². The molecule has 2 aromatic carbocycles. The molecule has 0 saturated carbocycles. The van der Waals surface area contributed by atoms with Crippen LogP contribution in [0.4, 0.5) is 10.1 Å². The van der Waals surface area contributed by atoms with Crippen LogP contribution in [-0.4, -0.2) is 112 Å². The van der Waals surface area contributed by atoms with E-state index in [1.807, 2.05) is 22.9 Å². The first kappa shape index (κ1) is 26.7. The predicted molar refractivity (Wildman–Crippen MR) is 148 cm³/mol. The van der Waals surface area contributed by atoms with Crippen LogP contribution in [0, 0.1) is 5.92 Å². The van der Waals surface area contributed by atoms with E-state index in [2.05, 4.69) is 0 Å². The number of carbonyl (C=O) groups excluding carboxylic acids is 1. The molecule has 3 atom stereocenters. The van der Waals surface area contributed by atoms with E-state index in [-0.39, 0.29) is 37.0 Å². The SMILES string of the molecule is CN1C[C@@H]2CN(c3cccc([C@H](O)C(=O)N4CC5=C(C4)CN(S(=O)(=O)c4ccc6c(c4)OCCO6)C5)c3)C[C@]2(F)C1. The van der Waals surface area contributed by atoms with Gasteiger partial charge in [0, 0.05) is 63.5 Å². The van der Waals surface area contributed by atoms with Gasteiger partial charge in [0.2, 0.25) is 10.0 Å². The van der Waals surface area contributed by atoms with E-state index in [1.165, 1.54) is 16.4 Å². The van der Waals surface area contributed by atoms with Crippen LogP contribution in [0.25, 0.3) is 0 Å². The maximum Gasteiger partial charge on any atom is 0.256 e. The van der Waals surface area contributed by atoms with Gasteiger partial charge in [0.1, 0.15) is 18.9 Å². The average Bonchev–Trinajstić information content (AvgIpc) is 3.69. The lowest BCUT2D eigenvalue weighted by Crippen LogP contribution is -2.38. The largest absolute Gasteiger partial charge is 0.486 e. The van der Waals surface area contributed by atoms with Crippen LogP contribution in [0.3, 0.4) is 0 Å². The Hall–Kier alpha value is -3.19. The summed E-state index contributed by atoms with van der Waals surface area (Å²) in [6.45, 7) is 3.74. The molecule has 0 unspecified atom stereocenters. The fourth-order valence-corrected chi connectivity index (χ4v) is 8.28. The fourth-order valence-electron chi connectivity index (χ4n) is 6.84. The van der Waals surface area contributed by atoms with Gasteiger partial charge in [-0.2, -0.15) is 4.31 Å². The summed E-state index contributed by atoms with van der Waals surface area (Å²) in [5.41, 5.74) is 1.77. The molecule has 0 aromatic heterocycles. The van der Waals surface area contributed by atoms with Gasteiger partial charge in [-0.05, 0) is 48.0 Å². The topological polar surface area (TPSA) is 103 Å². The second kappa shape index (κ2) is 9.69. The summed E-state index contributed by atoms with van der Waals surface area (Å²) in [6, 6.07) is 11.8. The van der Waals surface area contributed by atoms with Crippen molar-refractivity contribution in [3.05, 3.63) is 59.2 Å². The first-order chi connectivity index (χ1) is 19.6. The number of benzene rings is 2. The number of anilines is 1. The number of rotatable bonds is 5. The van der Waals surface area contributed by atoms with Crippen molar-refractivity contribution in [1.82, 2.24) is 14.1 Å². The Morgan fingerprint density at radius 2 is 1.73 bits per heavy atom. The number of carbonyl (C=O) groups is 1. The zero-order valence-electron chi connectivity index (χ0n) is 22.8. The molecule has 0 bridgehead atoms. The molecular weight excluding hydrogens is 551 g/mol. The maximum atomic E-state index is 15.4.